The highest BCUT2D eigenvalue weighted by molar-refractivity contribution is 5.92. The standard InChI is InChI=1S/C24H30O3/c1-17-14-15-20(24(2,3)18-10-6-5-7-11-18)22(16-17)27-23(25)19-12-8-9-13-21(19)26-4/h5-13,17,20,22H,14-16H2,1-4H3/t17-,20-,22-/m1/s1. The van der Waals surface area contributed by atoms with Crippen molar-refractivity contribution in [1.82, 2.24) is 0 Å². The van der Waals surface area contributed by atoms with Gasteiger partial charge < -0.3 is 9.47 Å². The highest BCUT2D eigenvalue weighted by Gasteiger charge is 2.42. The number of carbonyl (C=O) groups excluding carboxylic acids is 1. The van der Waals surface area contributed by atoms with Crippen LogP contribution >= 0.6 is 0 Å². The molecular weight excluding hydrogens is 336 g/mol. The highest BCUT2D eigenvalue weighted by Crippen LogP contribution is 2.44. The van der Waals surface area contributed by atoms with Crippen molar-refractivity contribution in [3.8, 4) is 5.75 Å². The fourth-order valence-corrected chi connectivity index (χ4v) is 4.38. The van der Waals surface area contributed by atoms with E-state index in [0.29, 0.717) is 17.2 Å². The lowest BCUT2D eigenvalue weighted by atomic mass is 9.64. The van der Waals surface area contributed by atoms with Crippen LogP contribution < -0.4 is 4.74 Å². The van der Waals surface area contributed by atoms with Gasteiger partial charge in [0.2, 0.25) is 0 Å². The first-order chi connectivity index (χ1) is 12.9. The Morgan fingerprint density at radius 1 is 1.00 bits per heavy atom. The lowest BCUT2D eigenvalue weighted by molar-refractivity contribution is -0.0238. The third-order valence-corrected chi connectivity index (χ3v) is 6.08. The summed E-state index contributed by atoms with van der Waals surface area (Å²) in [6.45, 7) is 6.79. The van der Waals surface area contributed by atoms with E-state index in [1.807, 2.05) is 18.2 Å². The van der Waals surface area contributed by atoms with Crippen molar-refractivity contribution in [2.75, 3.05) is 7.11 Å². The van der Waals surface area contributed by atoms with Crippen LogP contribution in [-0.4, -0.2) is 19.2 Å². The molecule has 0 heterocycles. The molecular formula is C24H30O3. The topological polar surface area (TPSA) is 35.5 Å². The van der Waals surface area contributed by atoms with Gasteiger partial charge in [0.15, 0.2) is 0 Å². The van der Waals surface area contributed by atoms with Crippen LogP contribution in [0.2, 0.25) is 0 Å². The van der Waals surface area contributed by atoms with Crippen LogP contribution in [0.15, 0.2) is 54.6 Å². The zero-order valence-corrected chi connectivity index (χ0v) is 16.8. The summed E-state index contributed by atoms with van der Waals surface area (Å²) in [6, 6.07) is 17.8. The van der Waals surface area contributed by atoms with Gasteiger partial charge in [-0.3, -0.25) is 0 Å². The molecule has 2 aromatic rings. The number of ether oxygens (including phenoxy) is 2. The first kappa shape index (κ1) is 19.5. The molecule has 1 fully saturated rings. The molecule has 0 saturated heterocycles. The summed E-state index contributed by atoms with van der Waals surface area (Å²) >= 11 is 0. The summed E-state index contributed by atoms with van der Waals surface area (Å²) < 4.78 is 11.4. The third-order valence-electron chi connectivity index (χ3n) is 6.08. The number of hydrogen-bond acceptors (Lipinski definition) is 3. The van der Waals surface area contributed by atoms with E-state index < -0.39 is 0 Å². The van der Waals surface area contributed by atoms with E-state index in [0.717, 1.165) is 12.8 Å². The quantitative estimate of drug-likeness (QED) is 0.643. The Balaban J connectivity index is 1.85. The van der Waals surface area contributed by atoms with E-state index in [4.69, 9.17) is 9.47 Å². The van der Waals surface area contributed by atoms with Crippen molar-refractivity contribution in [2.24, 2.45) is 11.8 Å². The van der Waals surface area contributed by atoms with Gasteiger partial charge in [-0.25, -0.2) is 4.79 Å². The fourth-order valence-electron chi connectivity index (χ4n) is 4.38. The summed E-state index contributed by atoms with van der Waals surface area (Å²) in [6.07, 6.45) is 3.04. The number of carbonyl (C=O) groups is 1. The second-order valence-corrected chi connectivity index (χ2v) is 8.26. The molecule has 0 N–H and O–H groups in total. The number of methoxy groups -OCH3 is 1. The molecule has 144 valence electrons. The Labute approximate surface area is 162 Å². The van der Waals surface area contributed by atoms with Gasteiger partial charge in [-0.05, 0) is 41.9 Å². The van der Waals surface area contributed by atoms with Gasteiger partial charge in [0.25, 0.3) is 0 Å². The summed E-state index contributed by atoms with van der Waals surface area (Å²) in [5.41, 5.74) is 1.73. The molecule has 0 spiro atoms. The van der Waals surface area contributed by atoms with Crippen LogP contribution in [0.4, 0.5) is 0 Å². The molecule has 1 aliphatic rings. The van der Waals surface area contributed by atoms with Gasteiger partial charge >= 0.3 is 5.97 Å². The molecule has 0 amide bonds. The molecule has 0 bridgehead atoms. The van der Waals surface area contributed by atoms with Crippen LogP contribution in [0.3, 0.4) is 0 Å². The Hall–Kier alpha value is -2.29. The van der Waals surface area contributed by atoms with Crippen molar-refractivity contribution >= 4 is 5.97 Å². The molecule has 3 nitrogen and oxygen atoms in total. The van der Waals surface area contributed by atoms with Crippen LogP contribution in [-0.2, 0) is 10.2 Å². The third kappa shape index (κ3) is 4.18. The number of esters is 1. The van der Waals surface area contributed by atoms with E-state index in [1.165, 1.54) is 12.0 Å². The van der Waals surface area contributed by atoms with Crippen molar-refractivity contribution in [1.29, 1.82) is 0 Å². The summed E-state index contributed by atoms with van der Waals surface area (Å²) in [5.74, 6) is 1.11. The monoisotopic (exact) mass is 366 g/mol. The maximum absolute atomic E-state index is 12.9. The second kappa shape index (κ2) is 8.16. The van der Waals surface area contributed by atoms with Crippen molar-refractivity contribution in [3.05, 3.63) is 65.7 Å². The largest absolute Gasteiger partial charge is 0.496 e. The molecule has 0 aromatic heterocycles. The van der Waals surface area contributed by atoms with Gasteiger partial charge in [0.05, 0.1) is 7.11 Å². The van der Waals surface area contributed by atoms with Crippen LogP contribution in [0.25, 0.3) is 0 Å². The average Bonchev–Trinajstić information content (AvgIpc) is 2.68. The molecule has 3 atom stereocenters. The van der Waals surface area contributed by atoms with Crippen molar-refractivity contribution in [3.63, 3.8) is 0 Å². The maximum Gasteiger partial charge on any atom is 0.342 e. The lowest BCUT2D eigenvalue weighted by Gasteiger charge is -2.44. The Kier molecular flexibility index (Phi) is 5.88. The van der Waals surface area contributed by atoms with Gasteiger partial charge in [-0.1, -0.05) is 69.7 Å². The van der Waals surface area contributed by atoms with Gasteiger partial charge in [0, 0.05) is 5.92 Å². The Bertz CT molecular complexity index is 766. The number of para-hydroxylation sites is 1. The highest BCUT2D eigenvalue weighted by atomic mass is 16.5. The van der Waals surface area contributed by atoms with Crippen LogP contribution in [0.1, 0.15) is 56.0 Å². The van der Waals surface area contributed by atoms with Gasteiger partial charge in [0.1, 0.15) is 17.4 Å². The average molecular weight is 367 g/mol. The molecule has 1 saturated carbocycles. The van der Waals surface area contributed by atoms with E-state index in [1.54, 1.807) is 19.2 Å². The summed E-state index contributed by atoms with van der Waals surface area (Å²) in [5, 5.41) is 0. The number of hydrogen-bond donors (Lipinski definition) is 0. The minimum absolute atomic E-state index is 0.0624. The molecule has 3 rings (SSSR count). The van der Waals surface area contributed by atoms with Gasteiger partial charge in [-0.2, -0.15) is 0 Å². The number of benzene rings is 2. The van der Waals surface area contributed by atoms with E-state index in [-0.39, 0.29) is 23.4 Å². The van der Waals surface area contributed by atoms with E-state index in [2.05, 4.69) is 45.0 Å². The molecule has 0 radical (unpaired) electrons. The number of rotatable bonds is 5. The smallest absolute Gasteiger partial charge is 0.342 e. The van der Waals surface area contributed by atoms with E-state index in [9.17, 15) is 4.79 Å². The SMILES string of the molecule is COc1ccccc1C(=O)O[C@@H]1C[C@H](C)CC[C@H]1C(C)(C)c1ccccc1. The van der Waals surface area contributed by atoms with E-state index >= 15 is 0 Å². The second-order valence-electron chi connectivity index (χ2n) is 8.26. The molecule has 0 aliphatic heterocycles. The van der Waals surface area contributed by atoms with Crippen molar-refractivity contribution < 1.29 is 14.3 Å². The molecule has 27 heavy (non-hydrogen) atoms. The Morgan fingerprint density at radius 3 is 2.37 bits per heavy atom. The zero-order valence-electron chi connectivity index (χ0n) is 16.8. The maximum atomic E-state index is 12.9. The minimum atomic E-state index is -0.291. The zero-order chi connectivity index (χ0) is 19.4. The first-order valence-electron chi connectivity index (χ1n) is 9.83. The fraction of sp³-hybridized carbons (Fsp3) is 0.458. The predicted molar refractivity (Wildman–Crippen MR) is 108 cm³/mol. The molecule has 0 unspecified atom stereocenters. The van der Waals surface area contributed by atoms with Crippen LogP contribution in [0, 0.1) is 11.8 Å². The first-order valence-corrected chi connectivity index (χ1v) is 9.83. The van der Waals surface area contributed by atoms with Crippen LogP contribution in [0.5, 0.6) is 5.75 Å². The lowest BCUT2D eigenvalue weighted by Crippen LogP contribution is -2.43. The summed E-state index contributed by atoms with van der Waals surface area (Å²) in [4.78, 5) is 12.9. The summed E-state index contributed by atoms with van der Waals surface area (Å²) in [7, 11) is 1.58. The predicted octanol–water partition coefficient (Wildman–Crippen LogP) is 5.63. The molecule has 1 aliphatic carbocycles. The molecule has 3 heteroatoms. The Morgan fingerprint density at radius 2 is 1.67 bits per heavy atom. The van der Waals surface area contributed by atoms with Crippen molar-refractivity contribution in [2.45, 2.75) is 51.6 Å². The minimum Gasteiger partial charge on any atom is -0.496 e. The normalized spacial score (nSPS) is 22.9. The van der Waals surface area contributed by atoms with Gasteiger partial charge in [-0.15, -0.1) is 0 Å². The molecule has 2 aromatic carbocycles.